The molecule has 0 aromatic heterocycles. The monoisotopic (exact) mass is 405 g/mol. The number of piperazine rings is 1. The van der Waals surface area contributed by atoms with E-state index in [2.05, 4.69) is 35.9 Å². The Bertz CT molecular complexity index is 918. The average Bonchev–Trinajstić information content (AvgIpc) is 3.39. The Morgan fingerprint density at radius 2 is 1.90 bits per heavy atom. The van der Waals surface area contributed by atoms with Crippen molar-refractivity contribution in [2.75, 3.05) is 39.8 Å². The SMILES string of the molecule is C[C@@H]1C2C3=CC(N4CCN(C)CC4)=CC4C3C41CCN2C(=O)OCc1ccccc1. The van der Waals surface area contributed by atoms with Gasteiger partial charge in [-0.05, 0) is 53.8 Å². The fourth-order valence-electron chi connectivity index (χ4n) is 6.91. The third-order valence-electron chi connectivity index (χ3n) is 8.57. The Morgan fingerprint density at radius 1 is 1.13 bits per heavy atom. The van der Waals surface area contributed by atoms with Gasteiger partial charge >= 0.3 is 6.09 Å². The van der Waals surface area contributed by atoms with Crippen molar-refractivity contribution in [2.45, 2.75) is 26.0 Å². The minimum absolute atomic E-state index is 0.153. The fourth-order valence-corrected chi connectivity index (χ4v) is 6.91. The van der Waals surface area contributed by atoms with E-state index in [9.17, 15) is 4.79 Å². The van der Waals surface area contributed by atoms with Crippen LogP contribution in [0.15, 0.2) is 53.8 Å². The largest absolute Gasteiger partial charge is 0.445 e. The summed E-state index contributed by atoms with van der Waals surface area (Å²) >= 11 is 0. The van der Waals surface area contributed by atoms with Gasteiger partial charge in [-0.3, -0.25) is 0 Å². The number of benzene rings is 1. The van der Waals surface area contributed by atoms with Crippen molar-refractivity contribution in [3.05, 3.63) is 59.3 Å². The summed E-state index contributed by atoms with van der Waals surface area (Å²) in [5.41, 5.74) is 4.33. The summed E-state index contributed by atoms with van der Waals surface area (Å²) in [7, 11) is 2.20. The van der Waals surface area contributed by atoms with Crippen LogP contribution in [-0.2, 0) is 11.3 Å². The molecule has 5 nitrogen and oxygen atoms in total. The van der Waals surface area contributed by atoms with Crippen LogP contribution >= 0.6 is 0 Å². The van der Waals surface area contributed by atoms with Gasteiger partial charge in [-0.1, -0.05) is 43.3 Å². The molecule has 1 amide bonds. The number of allylic oxidation sites excluding steroid dienone is 2. The number of nitrogens with zero attached hydrogens (tertiary/aromatic N) is 3. The molecule has 1 spiro atoms. The summed E-state index contributed by atoms with van der Waals surface area (Å²) in [6, 6.07) is 10.2. The van der Waals surface area contributed by atoms with E-state index in [-0.39, 0.29) is 12.1 Å². The molecule has 6 rings (SSSR count). The summed E-state index contributed by atoms with van der Waals surface area (Å²) in [5, 5.41) is 0. The van der Waals surface area contributed by atoms with E-state index in [1.165, 1.54) is 11.3 Å². The van der Waals surface area contributed by atoms with E-state index in [0.717, 1.165) is 44.7 Å². The van der Waals surface area contributed by atoms with Crippen molar-refractivity contribution in [3.8, 4) is 0 Å². The van der Waals surface area contributed by atoms with Gasteiger partial charge in [-0.25, -0.2) is 4.79 Å². The lowest BCUT2D eigenvalue weighted by atomic mass is 9.77. The van der Waals surface area contributed by atoms with E-state index in [1.54, 1.807) is 0 Å². The van der Waals surface area contributed by atoms with E-state index in [4.69, 9.17) is 4.74 Å². The summed E-state index contributed by atoms with van der Waals surface area (Å²) < 4.78 is 5.74. The zero-order chi connectivity index (χ0) is 20.5. The van der Waals surface area contributed by atoms with Crippen LogP contribution in [0.25, 0.3) is 0 Å². The van der Waals surface area contributed by atoms with Crippen LogP contribution in [0.5, 0.6) is 0 Å². The second-order valence-electron chi connectivity index (χ2n) is 9.86. The number of ether oxygens (including phenoxy) is 1. The van der Waals surface area contributed by atoms with Gasteiger partial charge < -0.3 is 19.4 Å². The summed E-state index contributed by atoms with van der Waals surface area (Å²) in [6.45, 7) is 7.97. The highest BCUT2D eigenvalue weighted by molar-refractivity contribution is 5.70. The maximum atomic E-state index is 13.1. The van der Waals surface area contributed by atoms with Crippen LogP contribution < -0.4 is 0 Å². The number of carbonyl (C=O) groups excluding carboxylic acids is 1. The Balaban J connectivity index is 1.22. The molecule has 4 fully saturated rings. The maximum absolute atomic E-state index is 13.1. The summed E-state index contributed by atoms with van der Waals surface area (Å²) in [6.07, 6.45) is 5.95. The molecule has 1 aromatic carbocycles. The van der Waals surface area contributed by atoms with Gasteiger partial charge in [0.1, 0.15) is 6.61 Å². The van der Waals surface area contributed by atoms with E-state index in [0.29, 0.717) is 29.8 Å². The quantitative estimate of drug-likeness (QED) is 0.773. The summed E-state index contributed by atoms with van der Waals surface area (Å²) in [5.74, 6) is 1.85. The van der Waals surface area contributed by atoms with Gasteiger partial charge in [0.2, 0.25) is 0 Å². The van der Waals surface area contributed by atoms with Crippen molar-refractivity contribution in [2.24, 2.45) is 23.2 Å². The molecule has 2 aliphatic heterocycles. The Morgan fingerprint density at radius 3 is 2.67 bits per heavy atom. The van der Waals surface area contributed by atoms with Gasteiger partial charge in [-0.15, -0.1) is 0 Å². The number of carbonyl (C=O) groups is 1. The molecule has 1 aromatic rings. The fraction of sp³-hybridized carbons (Fsp3) is 0.560. The molecule has 5 heteroatoms. The van der Waals surface area contributed by atoms with Crippen LogP contribution in [0, 0.1) is 23.2 Å². The Kier molecular flexibility index (Phi) is 4.08. The molecule has 2 bridgehead atoms. The zero-order valence-electron chi connectivity index (χ0n) is 18.0. The molecule has 5 aliphatic rings. The number of likely N-dealkylation sites (tertiary alicyclic amines) is 1. The minimum atomic E-state index is -0.153. The molecule has 2 heterocycles. The zero-order valence-corrected chi connectivity index (χ0v) is 18.0. The molecule has 0 radical (unpaired) electrons. The highest BCUT2D eigenvalue weighted by Gasteiger charge is 2.77. The van der Waals surface area contributed by atoms with Gasteiger partial charge in [0.25, 0.3) is 0 Å². The normalized spacial score (nSPS) is 36.7. The van der Waals surface area contributed by atoms with Crippen molar-refractivity contribution in [1.82, 2.24) is 14.7 Å². The molecule has 30 heavy (non-hydrogen) atoms. The van der Waals surface area contributed by atoms with Gasteiger partial charge in [0.05, 0.1) is 6.04 Å². The number of piperidine rings is 1. The molecule has 2 saturated carbocycles. The number of fused-ring (bicyclic) bond motifs is 2. The summed E-state index contributed by atoms with van der Waals surface area (Å²) in [4.78, 5) is 20.0. The van der Waals surface area contributed by atoms with Crippen molar-refractivity contribution >= 4 is 6.09 Å². The van der Waals surface area contributed by atoms with Crippen LogP contribution in [0.3, 0.4) is 0 Å². The molecule has 2 saturated heterocycles. The lowest BCUT2D eigenvalue weighted by molar-refractivity contribution is 0.0452. The first-order valence-electron chi connectivity index (χ1n) is 11.4. The Hall–Kier alpha value is -2.27. The van der Waals surface area contributed by atoms with Crippen molar-refractivity contribution in [3.63, 3.8) is 0 Å². The standard InChI is InChI=1S/C25H31N3O2/c1-17-23-20-14-19(27-12-10-26(2)11-13-27)15-21-22(20)25(17,21)8-9-28(23)24(29)30-16-18-6-4-3-5-7-18/h3-7,14-15,17,21-23H,8-13,16H2,1-2H3/t17-,21?,22?,23?,25?/m1/s1. The van der Waals surface area contributed by atoms with Gasteiger partial charge in [0.15, 0.2) is 0 Å². The first-order chi connectivity index (χ1) is 14.6. The van der Waals surface area contributed by atoms with E-state index in [1.807, 2.05) is 35.2 Å². The molecule has 158 valence electrons. The number of hydrogen-bond acceptors (Lipinski definition) is 4. The number of hydrogen-bond donors (Lipinski definition) is 0. The van der Waals surface area contributed by atoms with Crippen LogP contribution in [0.4, 0.5) is 4.79 Å². The number of likely N-dealkylation sites (N-methyl/N-ethyl adjacent to an activating group) is 1. The van der Waals surface area contributed by atoms with Crippen molar-refractivity contribution in [1.29, 1.82) is 0 Å². The van der Waals surface area contributed by atoms with E-state index >= 15 is 0 Å². The Labute approximate surface area is 179 Å². The molecule has 4 unspecified atom stereocenters. The average molecular weight is 406 g/mol. The first kappa shape index (κ1) is 18.5. The number of rotatable bonds is 3. The van der Waals surface area contributed by atoms with Gasteiger partial charge in [0, 0.05) is 38.4 Å². The molecular formula is C25H31N3O2. The van der Waals surface area contributed by atoms with Gasteiger partial charge in [-0.2, -0.15) is 0 Å². The maximum Gasteiger partial charge on any atom is 0.410 e. The first-order valence-corrected chi connectivity index (χ1v) is 11.4. The third kappa shape index (κ3) is 2.54. The molecule has 3 aliphatic carbocycles. The highest BCUT2D eigenvalue weighted by Crippen LogP contribution is 2.78. The molecular weight excluding hydrogens is 374 g/mol. The third-order valence-corrected chi connectivity index (χ3v) is 8.57. The van der Waals surface area contributed by atoms with Crippen molar-refractivity contribution < 1.29 is 9.53 Å². The lowest BCUT2D eigenvalue weighted by Gasteiger charge is -2.43. The second kappa shape index (κ2) is 6.61. The molecule has 0 N–H and O–H groups in total. The smallest absolute Gasteiger partial charge is 0.410 e. The van der Waals surface area contributed by atoms with Crippen LogP contribution in [0.1, 0.15) is 18.9 Å². The minimum Gasteiger partial charge on any atom is -0.445 e. The predicted octanol–water partition coefficient (Wildman–Crippen LogP) is 3.35. The van der Waals surface area contributed by atoms with E-state index < -0.39 is 0 Å². The van der Waals surface area contributed by atoms with Crippen LogP contribution in [0.2, 0.25) is 0 Å². The number of amides is 1. The molecule has 5 atom stereocenters. The van der Waals surface area contributed by atoms with Crippen LogP contribution in [-0.4, -0.2) is 66.6 Å². The second-order valence-corrected chi connectivity index (χ2v) is 9.86. The topological polar surface area (TPSA) is 36.0 Å². The lowest BCUT2D eigenvalue weighted by Crippen LogP contribution is -2.51. The highest BCUT2D eigenvalue weighted by atomic mass is 16.6. The predicted molar refractivity (Wildman–Crippen MR) is 116 cm³/mol.